The lowest BCUT2D eigenvalue weighted by Crippen LogP contribution is -2.14. The molecule has 1 heterocycles. The summed E-state index contributed by atoms with van der Waals surface area (Å²) in [6.45, 7) is 3.62. The average molecular weight is 279 g/mol. The molecule has 0 aliphatic carbocycles. The minimum absolute atomic E-state index is 0.226. The molecule has 0 aliphatic rings. The second-order valence-corrected chi connectivity index (χ2v) is 5.82. The average Bonchev–Trinajstić information content (AvgIpc) is 2.91. The Hall–Kier alpha value is -1.79. The van der Waals surface area contributed by atoms with E-state index in [2.05, 4.69) is 15.0 Å². The van der Waals surface area contributed by atoms with E-state index in [-0.39, 0.29) is 4.90 Å². The molecule has 1 aromatic carbocycles. The minimum atomic E-state index is -3.51. The van der Waals surface area contributed by atoms with Crippen LogP contribution in [0.3, 0.4) is 0 Å². The van der Waals surface area contributed by atoms with Crippen LogP contribution in [-0.4, -0.2) is 19.9 Å². The summed E-state index contributed by atoms with van der Waals surface area (Å²) < 4.78 is 26.6. The van der Waals surface area contributed by atoms with E-state index in [1.165, 1.54) is 12.3 Å². The molecule has 0 atom stereocenters. The summed E-state index contributed by atoms with van der Waals surface area (Å²) in [4.78, 5) is 2.96. The first kappa shape index (κ1) is 13.6. The standard InChI is InChI=1S/C13H17N3O2S/c1-2-14-9-11-4-3-5-12(8-11)16-19(17,18)13-6-7-15-10-13/h3-8,10,14-16H,2,9H2,1H3. The number of hydrogen-bond acceptors (Lipinski definition) is 3. The molecule has 2 rings (SSSR count). The molecule has 2 aromatic rings. The lowest BCUT2D eigenvalue weighted by Gasteiger charge is -2.08. The number of aromatic nitrogens is 1. The molecule has 6 heteroatoms. The van der Waals surface area contributed by atoms with Crippen molar-refractivity contribution >= 4 is 15.7 Å². The van der Waals surface area contributed by atoms with Gasteiger partial charge in [-0.15, -0.1) is 0 Å². The molecule has 0 radical (unpaired) electrons. The fourth-order valence-corrected chi connectivity index (χ4v) is 2.73. The van der Waals surface area contributed by atoms with Crippen molar-refractivity contribution in [1.82, 2.24) is 10.3 Å². The zero-order chi connectivity index (χ0) is 13.7. The monoisotopic (exact) mass is 279 g/mol. The Bertz CT molecular complexity index is 621. The maximum absolute atomic E-state index is 12.0. The summed E-state index contributed by atoms with van der Waals surface area (Å²) >= 11 is 0. The number of hydrogen-bond donors (Lipinski definition) is 3. The van der Waals surface area contributed by atoms with Crippen LogP contribution in [-0.2, 0) is 16.6 Å². The summed E-state index contributed by atoms with van der Waals surface area (Å²) in [7, 11) is -3.51. The molecule has 102 valence electrons. The van der Waals surface area contributed by atoms with E-state index >= 15 is 0 Å². The van der Waals surface area contributed by atoms with E-state index in [0.29, 0.717) is 5.69 Å². The largest absolute Gasteiger partial charge is 0.366 e. The Labute approximate surface area is 113 Å². The zero-order valence-corrected chi connectivity index (χ0v) is 11.5. The summed E-state index contributed by atoms with van der Waals surface area (Å²) in [5.74, 6) is 0. The molecule has 0 unspecified atom stereocenters. The highest BCUT2D eigenvalue weighted by molar-refractivity contribution is 7.92. The van der Waals surface area contributed by atoms with Crippen molar-refractivity contribution in [1.29, 1.82) is 0 Å². The second kappa shape index (κ2) is 5.90. The highest BCUT2D eigenvalue weighted by Crippen LogP contribution is 2.16. The lowest BCUT2D eigenvalue weighted by molar-refractivity contribution is 0.601. The smallest absolute Gasteiger partial charge is 0.263 e. The van der Waals surface area contributed by atoms with Crippen LogP contribution in [0.4, 0.5) is 5.69 Å². The molecule has 19 heavy (non-hydrogen) atoms. The zero-order valence-electron chi connectivity index (χ0n) is 10.7. The first-order chi connectivity index (χ1) is 9.12. The maximum atomic E-state index is 12.0. The Kier molecular flexibility index (Phi) is 4.24. The normalized spacial score (nSPS) is 11.4. The van der Waals surface area contributed by atoms with Crippen LogP contribution in [0.2, 0.25) is 0 Å². The quantitative estimate of drug-likeness (QED) is 0.756. The van der Waals surface area contributed by atoms with Crippen LogP contribution in [0.1, 0.15) is 12.5 Å². The van der Waals surface area contributed by atoms with Gasteiger partial charge in [0.2, 0.25) is 0 Å². The van der Waals surface area contributed by atoms with Gasteiger partial charge in [0.15, 0.2) is 0 Å². The molecule has 1 aromatic heterocycles. The van der Waals surface area contributed by atoms with Crippen molar-refractivity contribution in [2.75, 3.05) is 11.3 Å². The molecule has 0 amide bonds. The fraction of sp³-hybridized carbons (Fsp3) is 0.231. The topological polar surface area (TPSA) is 74.0 Å². The number of sulfonamides is 1. The van der Waals surface area contributed by atoms with Crippen LogP contribution in [0.5, 0.6) is 0 Å². The van der Waals surface area contributed by atoms with Crippen molar-refractivity contribution in [3.63, 3.8) is 0 Å². The lowest BCUT2D eigenvalue weighted by atomic mass is 10.2. The van der Waals surface area contributed by atoms with Crippen LogP contribution in [0, 0.1) is 0 Å². The second-order valence-electron chi connectivity index (χ2n) is 4.13. The molecular formula is C13H17N3O2S. The van der Waals surface area contributed by atoms with Crippen LogP contribution in [0.25, 0.3) is 0 Å². The summed E-state index contributed by atoms with van der Waals surface area (Å²) in [6.07, 6.45) is 3.03. The van der Waals surface area contributed by atoms with Crippen molar-refractivity contribution in [3.8, 4) is 0 Å². The predicted molar refractivity (Wildman–Crippen MR) is 75.4 cm³/mol. The van der Waals surface area contributed by atoms with Gasteiger partial charge in [0, 0.05) is 24.6 Å². The minimum Gasteiger partial charge on any atom is -0.366 e. The molecule has 3 N–H and O–H groups in total. The third-order valence-electron chi connectivity index (χ3n) is 2.64. The number of aromatic amines is 1. The van der Waals surface area contributed by atoms with Gasteiger partial charge in [0.1, 0.15) is 4.90 Å². The Morgan fingerprint density at radius 2 is 2.11 bits per heavy atom. The fourth-order valence-electron chi connectivity index (χ4n) is 1.70. The van der Waals surface area contributed by atoms with Crippen LogP contribution < -0.4 is 10.0 Å². The SMILES string of the molecule is CCNCc1cccc(NS(=O)(=O)c2cc[nH]c2)c1. The number of benzene rings is 1. The van der Waals surface area contributed by atoms with Gasteiger partial charge in [0.25, 0.3) is 10.0 Å². The number of H-pyrrole nitrogens is 1. The first-order valence-corrected chi connectivity index (χ1v) is 7.55. The molecular weight excluding hydrogens is 262 g/mol. The molecule has 0 spiro atoms. The van der Waals surface area contributed by atoms with E-state index in [4.69, 9.17) is 0 Å². The number of rotatable bonds is 6. The van der Waals surface area contributed by atoms with Gasteiger partial charge in [0.05, 0.1) is 0 Å². The van der Waals surface area contributed by atoms with Crippen molar-refractivity contribution < 1.29 is 8.42 Å². The van der Waals surface area contributed by atoms with Gasteiger partial charge in [-0.1, -0.05) is 19.1 Å². The molecule has 0 saturated heterocycles. The highest BCUT2D eigenvalue weighted by atomic mass is 32.2. The summed E-state index contributed by atoms with van der Waals surface area (Å²) in [6, 6.07) is 8.87. The third kappa shape index (κ3) is 3.59. The van der Waals surface area contributed by atoms with Gasteiger partial charge in [-0.3, -0.25) is 4.72 Å². The highest BCUT2D eigenvalue weighted by Gasteiger charge is 2.14. The Morgan fingerprint density at radius 3 is 2.79 bits per heavy atom. The van der Waals surface area contributed by atoms with E-state index in [0.717, 1.165) is 18.7 Å². The van der Waals surface area contributed by atoms with Crippen LogP contribution >= 0.6 is 0 Å². The van der Waals surface area contributed by atoms with Crippen LogP contribution in [0.15, 0.2) is 47.6 Å². The van der Waals surface area contributed by atoms with E-state index in [9.17, 15) is 8.42 Å². The Morgan fingerprint density at radius 1 is 1.26 bits per heavy atom. The maximum Gasteiger partial charge on any atom is 0.263 e. The molecule has 0 aliphatic heterocycles. The summed E-state index contributed by atoms with van der Waals surface area (Å²) in [5.41, 5.74) is 1.60. The van der Waals surface area contributed by atoms with Crippen molar-refractivity contribution in [2.45, 2.75) is 18.4 Å². The van der Waals surface area contributed by atoms with Gasteiger partial charge in [-0.25, -0.2) is 8.42 Å². The third-order valence-corrected chi connectivity index (χ3v) is 4.02. The van der Waals surface area contributed by atoms with E-state index in [1.54, 1.807) is 12.3 Å². The predicted octanol–water partition coefficient (Wildman–Crippen LogP) is 1.93. The van der Waals surface area contributed by atoms with Gasteiger partial charge in [-0.05, 0) is 30.3 Å². The van der Waals surface area contributed by atoms with Gasteiger partial charge < -0.3 is 10.3 Å². The van der Waals surface area contributed by atoms with Gasteiger partial charge >= 0.3 is 0 Å². The van der Waals surface area contributed by atoms with Crippen molar-refractivity contribution in [2.24, 2.45) is 0 Å². The summed E-state index contributed by atoms with van der Waals surface area (Å²) in [5, 5.41) is 3.20. The number of nitrogens with one attached hydrogen (secondary N) is 3. The van der Waals surface area contributed by atoms with E-state index < -0.39 is 10.0 Å². The van der Waals surface area contributed by atoms with Crippen molar-refractivity contribution in [3.05, 3.63) is 48.3 Å². The first-order valence-electron chi connectivity index (χ1n) is 6.07. The molecule has 0 saturated carbocycles. The molecule has 5 nitrogen and oxygen atoms in total. The molecule has 0 bridgehead atoms. The van der Waals surface area contributed by atoms with Gasteiger partial charge in [-0.2, -0.15) is 0 Å². The Balaban J connectivity index is 2.15. The number of anilines is 1. The molecule has 0 fully saturated rings. The van der Waals surface area contributed by atoms with E-state index in [1.807, 2.05) is 25.1 Å².